The number of anilines is 2. The molecule has 0 amide bonds. The molecule has 6 heteroatoms. The number of benzene rings is 5. The van der Waals surface area contributed by atoms with E-state index in [1.807, 2.05) is 12.3 Å². The molecule has 0 atom stereocenters. The third kappa shape index (κ3) is 9.48. The summed E-state index contributed by atoms with van der Waals surface area (Å²) in [7, 11) is 0. The van der Waals surface area contributed by atoms with Gasteiger partial charge in [0.15, 0.2) is 0 Å². The van der Waals surface area contributed by atoms with E-state index in [9.17, 15) is 0 Å². The van der Waals surface area contributed by atoms with Crippen molar-refractivity contribution in [3.05, 3.63) is 162 Å². The molecule has 2 aromatic heterocycles. The van der Waals surface area contributed by atoms with E-state index >= 15 is 0 Å². The molecule has 0 N–H and O–H groups in total. The maximum atomic E-state index is 6.79. The molecule has 7 aromatic rings. The van der Waals surface area contributed by atoms with Crippen molar-refractivity contribution in [2.45, 2.75) is 131 Å². The van der Waals surface area contributed by atoms with Gasteiger partial charge in [0.2, 0.25) is 0 Å². The van der Waals surface area contributed by atoms with Crippen LogP contribution in [0.4, 0.5) is 11.4 Å². The molecule has 0 radical (unpaired) electrons. The van der Waals surface area contributed by atoms with Gasteiger partial charge in [0, 0.05) is 55.5 Å². The Morgan fingerprint density at radius 2 is 1.12 bits per heavy atom. The maximum Gasteiger partial charge on any atom is 0.135 e. The Labute approximate surface area is 397 Å². The zero-order valence-corrected chi connectivity index (χ0v) is 42.8. The Balaban J connectivity index is 0.00000612. The van der Waals surface area contributed by atoms with Crippen molar-refractivity contribution in [1.82, 2.24) is 9.55 Å². The second-order valence-electron chi connectivity index (χ2n) is 22.6. The van der Waals surface area contributed by atoms with Crippen LogP contribution in [0.3, 0.4) is 0 Å². The van der Waals surface area contributed by atoms with Crippen LogP contribution in [-0.2, 0) is 48.1 Å². The summed E-state index contributed by atoms with van der Waals surface area (Å²) in [5, 5.41) is 2.23. The molecule has 5 nitrogen and oxygen atoms in total. The molecule has 0 fully saturated rings. The third-order valence-corrected chi connectivity index (χ3v) is 12.3. The van der Waals surface area contributed by atoms with Gasteiger partial charge in [-0.15, -0.1) is 53.6 Å². The van der Waals surface area contributed by atoms with E-state index in [0.717, 1.165) is 50.1 Å². The van der Waals surface area contributed by atoms with Crippen LogP contribution in [0.1, 0.15) is 132 Å². The molecule has 0 bridgehead atoms. The number of para-hydroxylation sites is 1. The normalized spacial score (nSPS) is 13.9. The van der Waals surface area contributed by atoms with Crippen LogP contribution in [0.2, 0.25) is 0 Å². The number of fused-ring (bicyclic) bond motifs is 3. The molecular weight excluding hydrogens is 964 g/mol. The van der Waals surface area contributed by atoms with E-state index < -0.39 is 0 Å². The van der Waals surface area contributed by atoms with E-state index in [2.05, 4.69) is 240 Å². The standard InChI is InChI=1S/C58H65N4O.Pt/c1-54(2,3)39-22-20-38(21-23-39)49-36-59-53(35-50(49)58(13,14)15)62-51-19-17-16-18-47(51)48-25-24-45(34-52(48)62)63-46-32-42(57(10,11)12)31-44(33-46)61-27-26-60(37-61)43-29-40(55(4,5)6)28-41(30-43)56(7,8)9;/h16-32,35-37H,1-15H3;/q-3;. The van der Waals surface area contributed by atoms with Crippen molar-refractivity contribution in [2.75, 3.05) is 9.80 Å². The third-order valence-electron chi connectivity index (χ3n) is 12.3. The van der Waals surface area contributed by atoms with Gasteiger partial charge in [-0.1, -0.05) is 158 Å². The smallest absolute Gasteiger partial charge is 0.135 e. The first kappa shape index (κ1) is 46.9. The van der Waals surface area contributed by atoms with Crippen LogP contribution in [-0.4, -0.2) is 9.55 Å². The van der Waals surface area contributed by atoms with Gasteiger partial charge in [-0.05, 0) is 96.9 Å². The second kappa shape index (κ2) is 16.7. The van der Waals surface area contributed by atoms with Gasteiger partial charge in [-0.25, -0.2) is 4.98 Å². The molecular formula is C58H65N4OPt-3. The van der Waals surface area contributed by atoms with Gasteiger partial charge in [0.25, 0.3) is 0 Å². The van der Waals surface area contributed by atoms with Gasteiger partial charge in [0.05, 0.1) is 0 Å². The van der Waals surface area contributed by atoms with Crippen LogP contribution in [0, 0.1) is 18.8 Å². The van der Waals surface area contributed by atoms with Crippen LogP contribution < -0.4 is 14.5 Å². The summed E-state index contributed by atoms with van der Waals surface area (Å²) in [4.78, 5) is 9.53. The minimum absolute atomic E-state index is 0. The van der Waals surface area contributed by atoms with E-state index in [4.69, 9.17) is 9.72 Å². The zero-order valence-electron chi connectivity index (χ0n) is 40.6. The van der Waals surface area contributed by atoms with Gasteiger partial charge < -0.3 is 19.1 Å². The van der Waals surface area contributed by atoms with Crippen molar-refractivity contribution in [3.63, 3.8) is 0 Å². The molecule has 0 unspecified atom stereocenters. The van der Waals surface area contributed by atoms with Crippen molar-refractivity contribution in [2.24, 2.45) is 0 Å². The Morgan fingerprint density at radius 1 is 0.531 bits per heavy atom. The molecule has 0 saturated carbocycles. The summed E-state index contributed by atoms with van der Waals surface area (Å²) in [6.07, 6.45) is 6.28. The molecule has 5 aromatic carbocycles. The number of rotatable bonds is 6. The summed E-state index contributed by atoms with van der Waals surface area (Å²) in [5.74, 6) is 2.10. The summed E-state index contributed by atoms with van der Waals surface area (Å²) >= 11 is 0. The molecule has 0 aliphatic carbocycles. The van der Waals surface area contributed by atoms with E-state index in [1.54, 1.807) is 0 Å². The zero-order chi connectivity index (χ0) is 45.4. The number of hydrogen-bond acceptors (Lipinski definition) is 4. The van der Waals surface area contributed by atoms with Gasteiger partial charge in [0.1, 0.15) is 5.82 Å². The Morgan fingerprint density at radius 3 is 1.73 bits per heavy atom. The van der Waals surface area contributed by atoms with Gasteiger partial charge in [-0.2, -0.15) is 6.07 Å². The Hall–Kier alpha value is -5.12. The first-order valence-electron chi connectivity index (χ1n) is 22.4. The molecule has 336 valence electrons. The SMILES string of the molecule is CC(C)(C)c1ccc(-c2cnc(-n3c4[c-]c(Oc5[c-]c(N6C=CN(c7cc(C(C)(C)C)cc(C(C)(C)C)c7)[CH-]6)cc(C(C)(C)C)c5)ccc4c4ccccc43)cc2C(C)(C)C)cc1.[Pt]. The van der Waals surface area contributed by atoms with E-state index in [1.165, 1.54) is 27.8 Å². The number of pyridine rings is 1. The molecule has 64 heavy (non-hydrogen) atoms. The first-order chi connectivity index (χ1) is 29.3. The first-order valence-corrected chi connectivity index (χ1v) is 22.4. The number of hydrogen-bond donors (Lipinski definition) is 0. The van der Waals surface area contributed by atoms with Crippen LogP contribution in [0.5, 0.6) is 11.5 Å². The number of aromatic nitrogens is 2. The predicted octanol–water partition coefficient (Wildman–Crippen LogP) is 15.6. The van der Waals surface area contributed by atoms with Gasteiger partial charge in [-0.3, -0.25) is 0 Å². The summed E-state index contributed by atoms with van der Waals surface area (Å²) in [5.41, 5.74) is 12.5. The second-order valence-corrected chi connectivity index (χ2v) is 22.6. The largest absolute Gasteiger partial charge is 0.509 e. The van der Waals surface area contributed by atoms with Crippen LogP contribution >= 0.6 is 0 Å². The summed E-state index contributed by atoms with van der Waals surface area (Å²) in [6, 6.07) is 42.6. The fraction of sp³-hybridized carbons (Fsp3) is 0.345. The molecule has 0 saturated heterocycles. The molecule has 1 aliphatic rings. The Bertz CT molecular complexity index is 2830. The minimum atomic E-state index is -0.136. The van der Waals surface area contributed by atoms with Crippen molar-refractivity contribution in [3.8, 4) is 28.4 Å². The monoisotopic (exact) mass is 1030 g/mol. The number of nitrogens with zero attached hydrogens (tertiary/aromatic N) is 4. The quantitative estimate of drug-likeness (QED) is 0.155. The van der Waals surface area contributed by atoms with Gasteiger partial charge >= 0.3 is 0 Å². The molecule has 3 heterocycles. The van der Waals surface area contributed by atoms with Crippen LogP contribution in [0.15, 0.2) is 116 Å². The van der Waals surface area contributed by atoms with Crippen molar-refractivity contribution < 1.29 is 25.8 Å². The fourth-order valence-corrected chi connectivity index (χ4v) is 8.29. The van der Waals surface area contributed by atoms with E-state index in [-0.39, 0.29) is 48.1 Å². The minimum Gasteiger partial charge on any atom is -0.509 e. The Kier molecular flexibility index (Phi) is 12.2. The maximum absolute atomic E-state index is 6.79. The van der Waals surface area contributed by atoms with E-state index in [0.29, 0.717) is 11.5 Å². The molecule has 1 aliphatic heterocycles. The van der Waals surface area contributed by atoms with Crippen LogP contribution in [0.25, 0.3) is 38.8 Å². The molecule has 0 spiro atoms. The molecule has 8 rings (SSSR count). The summed E-state index contributed by atoms with van der Waals surface area (Å²) < 4.78 is 9.03. The van der Waals surface area contributed by atoms with Crippen molar-refractivity contribution in [1.29, 1.82) is 0 Å². The predicted molar refractivity (Wildman–Crippen MR) is 267 cm³/mol. The average molecular weight is 1030 g/mol. The van der Waals surface area contributed by atoms with Crippen molar-refractivity contribution >= 4 is 33.2 Å². The fourth-order valence-electron chi connectivity index (χ4n) is 8.29. The summed E-state index contributed by atoms with van der Waals surface area (Å²) in [6.45, 7) is 36.1. The average Bonchev–Trinajstić information content (AvgIpc) is 3.83. The topological polar surface area (TPSA) is 33.5 Å². The number of ether oxygens (including phenoxy) is 1.